The molecule has 8 heteroatoms. The second-order valence-electron chi connectivity index (χ2n) is 16.4. The molecule has 0 unspecified atom stereocenters. The number of hydrogen-bond donors (Lipinski definition) is 2. The van der Waals surface area contributed by atoms with E-state index >= 15 is 0 Å². The second-order valence-corrected chi connectivity index (χ2v) is 16.4. The summed E-state index contributed by atoms with van der Waals surface area (Å²) in [5.74, 6) is 5.40. The summed E-state index contributed by atoms with van der Waals surface area (Å²) < 4.78 is 23.8. The molecule has 4 aliphatic rings. The Morgan fingerprint density at radius 1 is 0.571 bits per heavy atom. The zero-order chi connectivity index (χ0) is 39.0. The first-order valence-electron chi connectivity index (χ1n) is 20.7. The third-order valence-electron chi connectivity index (χ3n) is 11.3. The smallest absolute Gasteiger partial charge is 0.217 e. The molecule has 0 saturated heterocycles. The molecule has 2 aliphatic carbocycles. The molecule has 2 amide bonds. The van der Waals surface area contributed by atoms with E-state index in [2.05, 4.69) is 95.6 Å². The molecule has 0 bridgehead atoms. The molecule has 2 heterocycles. The van der Waals surface area contributed by atoms with E-state index in [0.717, 1.165) is 86.6 Å². The van der Waals surface area contributed by atoms with E-state index in [1.54, 1.807) is 13.8 Å². The molecule has 4 aromatic carbocycles. The van der Waals surface area contributed by atoms with Gasteiger partial charge in [-0.05, 0) is 147 Å². The van der Waals surface area contributed by atoms with Crippen molar-refractivity contribution in [1.82, 2.24) is 10.6 Å². The van der Waals surface area contributed by atoms with Crippen LogP contribution in [-0.2, 0) is 48.1 Å². The van der Waals surface area contributed by atoms with Crippen LogP contribution in [0.3, 0.4) is 0 Å². The Morgan fingerprint density at radius 2 is 0.929 bits per heavy atom. The highest BCUT2D eigenvalue weighted by Gasteiger charge is 2.30. The van der Waals surface area contributed by atoms with Crippen molar-refractivity contribution < 1.29 is 28.5 Å². The quantitative estimate of drug-likeness (QED) is 0.120. The molecule has 2 N–H and O–H groups in total. The summed E-state index contributed by atoms with van der Waals surface area (Å²) in [5.41, 5.74) is 7.64. The van der Waals surface area contributed by atoms with E-state index in [9.17, 15) is 9.59 Å². The van der Waals surface area contributed by atoms with Gasteiger partial charge in [0.1, 0.15) is 35.2 Å². The molecule has 2 saturated carbocycles. The fourth-order valence-electron chi connectivity index (χ4n) is 7.37. The second kappa shape index (κ2) is 18.3. The van der Waals surface area contributed by atoms with E-state index < -0.39 is 0 Å². The van der Waals surface area contributed by atoms with Crippen LogP contribution in [0.5, 0.6) is 23.0 Å². The van der Waals surface area contributed by atoms with Crippen LogP contribution in [0.2, 0.25) is 0 Å². The zero-order valence-electron chi connectivity index (χ0n) is 33.5. The first kappa shape index (κ1) is 39.3. The number of carbonyl (C=O) groups excluding carboxylic acids is 2. The molecular formula is C48H58N2O6. The molecule has 296 valence electrons. The number of fused-ring (bicyclic) bond motifs is 2. The Bertz CT molecular complexity index is 1790. The summed E-state index contributed by atoms with van der Waals surface area (Å²) >= 11 is 0. The summed E-state index contributed by atoms with van der Waals surface area (Å²) in [6.07, 6.45) is 10.9. The van der Waals surface area contributed by atoms with Crippen LogP contribution < -0.4 is 29.6 Å². The van der Waals surface area contributed by atoms with Crippen LogP contribution in [0, 0.1) is 11.8 Å². The maximum Gasteiger partial charge on any atom is 0.217 e. The lowest BCUT2D eigenvalue weighted by molar-refractivity contribution is -0.121. The van der Waals surface area contributed by atoms with Gasteiger partial charge in [0.05, 0.1) is 25.3 Å². The average Bonchev–Trinajstić information content (AvgIpc) is 4.12. The molecule has 8 nitrogen and oxygen atoms in total. The summed E-state index contributed by atoms with van der Waals surface area (Å²) in [6.45, 7) is 8.80. The van der Waals surface area contributed by atoms with Crippen molar-refractivity contribution in [2.45, 2.75) is 116 Å². The number of ether oxygens (including phenoxy) is 4. The molecule has 2 aliphatic heterocycles. The van der Waals surface area contributed by atoms with Crippen LogP contribution >= 0.6 is 0 Å². The Kier molecular flexibility index (Phi) is 12.8. The standard InChI is InChI=1S/2C24H29NO3/c2*1-16(25-17(2)26)23-14-21-10-7-19(13-24(21)28-23)4-3-18-8-11-22(12-9-18)27-15-20-5-6-20/h2*7-13,16,20,23H,3-6,14-15H2,1-2H3,(H,25,26)/t2*16-,23+/m10/s1. The number of benzene rings is 4. The number of rotatable bonds is 16. The average molecular weight is 759 g/mol. The third-order valence-corrected chi connectivity index (χ3v) is 11.3. The van der Waals surface area contributed by atoms with Crippen LogP contribution in [0.15, 0.2) is 84.9 Å². The van der Waals surface area contributed by atoms with Crippen molar-refractivity contribution >= 4 is 11.8 Å². The lowest BCUT2D eigenvalue weighted by Crippen LogP contribution is -2.42. The molecule has 8 rings (SSSR count). The Balaban J connectivity index is 0.000000172. The maximum absolute atomic E-state index is 11.3. The summed E-state index contributed by atoms with van der Waals surface area (Å²) in [6, 6.07) is 30.0. The molecule has 0 spiro atoms. The van der Waals surface area contributed by atoms with Gasteiger partial charge in [-0.15, -0.1) is 0 Å². The van der Waals surface area contributed by atoms with Crippen LogP contribution in [0.1, 0.15) is 86.8 Å². The van der Waals surface area contributed by atoms with E-state index in [0.29, 0.717) is 0 Å². The van der Waals surface area contributed by atoms with Crippen molar-refractivity contribution in [3.05, 3.63) is 118 Å². The monoisotopic (exact) mass is 758 g/mol. The summed E-state index contributed by atoms with van der Waals surface area (Å²) in [7, 11) is 0. The molecule has 4 aromatic rings. The SMILES string of the molecule is CC(=O)N[C@@H](C)[C@H]1Cc2ccc(CCc3ccc(OCC4CC4)cc3)cc2O1.CC(=O)N[C@H](C)[C@@H]1Cc2ccc(CCc3ccc(OCC4CC4)cc3)cc2O1. The van der Waals surface area contributed by atoms with Gasteiger partial charge in [0.2, 0.25) is 11.8 Å². The lowest BCUT2D eigenvalue weighted by atomic mass is 10.0. The van der Waals surface area contributed by atoms with Gasteiger partial charge in [-0.1, -0.05) is 48.5 Å². The van der Waals surface area contributed by atoms with Gasteiger partial charge in [-0.2, -0.15) is 0 Å². The highest BCUT2D eigenvalue weighted by atomic mass is 16.5. The van der Waals surface area contributed by atoms with Gasteiger partial charge < -0.3 is 29.6 Å². The number of carbonyl (C=O) groups is 2. The first-order chi connectivity index (χ1) is 27.1. The maximum atomic E-state index is 11.3. The predicted molar refractivity (Wildman–Crippen MR) is 220 cm³/mol. The van der Waals surface area contributed by atoms with Crippen molar-refractivity contribution in [3.63, 3.8) is 0 Å². The highest BCUT2D eigenvalue weighted by Crippen LogP contribution is 2.34. The highest BCUT2D eigenvalue weighted by molar-refractivity contribution is 5.73. The van der Waals surface area contributed by atoms with Crippen molar-refractivity contribution in [3.8, 4) is 23.0 Å². The van der Waals surface area contributed by atoms with Gasteiger partial charge in [0, 0.05) is 26.7 Å². The van der Waals surface area contributed by atoms with E-state index in [1.807, 2.05) is 13.8 Å². The van der Waals surface area contributed by atoms with Crippen LogP contribution in [-0.4, -0.2) is 49.3 Å². The van der Waals surface area contributed by atoms with E-state index in [-0.39, 0.29) is 36.1 Å². The van der Waals surface area contributed by atoms with Crippen LogP contribution in [0.25, 0.3) is 0 Å². The number of nitrogens with one attached hydrogen (secondary N) is 2. The topological polar surface area (TPSA) is 95.1 Å². The Hall–Kier alpha value is -4.98. The minimum absolute atomic E-state index is 0.00833. The third kappa shape index (κ3) is 11.5. The number of amides is 2. The fourth-order valence-corrected chi connectivity index (χ4v) is 7.37. The number of hydrogen-bond acceptors (Lipinski definition) is 6. The summed E-state index contributed by atoms with van der Waals surface area (Å²) in [4.78, 5) is 22.5. The van der Waals surface area contributed by atoms with Crippen molar-refractivity contribution in [2.75, 3.05) is 13.2 Å². The Labute approximate surface area is 332 Å². The first-order valence-corrected chi connectivity index (χ1v) is 20.7. The molecule has 2 fully saturated rings. The molecule has 0 aromatic heterocycles. The molecular weight excluding hydrogens is 701 g/mol. The van der Waals surface area contributed by atoms with Gasteiger partial charge >= 0.3 is 0 Å². The normalized spacial score (nSPS) is 18.9. The van der Waals surface area contributed by atoms with Crippen molar-refractivity contribution in [2.24, 2.45) is 11.8 Å². The van der Waals surface area contributed by atoms with Gasteiger partial charge in [0.15, 0.2) is 0 Å². The summed E-state index contributed by atoms with van der Waals surface area (Å²) in [5, 5.41) is 5.86. The Morgan fingerprint density at radius 3 is 1.29 bits per heavy atom. The minimum Gasteiger partial charge on any atom is -0.493 e. The van der Waals surface area contributed by atoms with Gasteiger partial charge in [0.25, 0.3) is 0 Å². The fraction of sp³-hybridized carbons (Fsp3) is 0.458. The van der Waals surface area contributed by atoms with Gasteiger partial charge in [-0.3, -0.25) is 9.59 Å². The van der Waals surface area contributed by atoms with Crippen LogP contribution in [0.4, 0.5) is 0 Å². The van der Waals surface area contributed by atoms with E-state index in [4.69, 9.17) is 18.9 Å². The molecule has 0 radical (unpaired) electrons. The van der Waals surface area contributed by atoms with E-state index in [1.165, 1.54) is 59.1 Å². The predicted octanol–water partition coefficient (Wildman–Crippen LogP) is 8.18. The molecule has 56 heavy (non-hydrogen) atoms. The largest absolute Gasteiger partial charge is 0.493 e. The van der Waals surface area contributed by atoms with Gasteiger partial charge in [-0.25, -0.2) is 0 Å². The van der Waals surface area contributed by atoms with Crippen molar-refractivity contribution in [1.29, 1.82) is 0 Å². The lowest BCUT2D eigenvalue weighted by Gasteiger charge is -2.19. The zero-order valence-corrected chi connectivity index (χ0v) is 33.5. The molecule has 4 atom stereocenters. The number of aryl methyl sites for hydroxylation is 4. The minimum atomic E-state index is -0.0169.